The number of hydrogen-bond acceptors (Lipinski definition) is 2. The molecule has 0 aliphatic heterocycles. The van der Waals surface area contributed by atoms with Crippen molar-refractivity contribution < 1.29 is 9.47 Å². The maximum absolute atomic E-state index is 5.38. The first-order chi connectivity index (χ1) is 7.22. The summed E-state index contributed by atoms with van der Waals surface area (Å²) in [5.74, 6) is 5.69. The molecule has 0 saturated heterocycles. The third kappa shape index (κ3) is 1.96. The Kier molecular flexibility index (Phi) is 3.39. The minimum Gasteiger partial charge on any atom is -0.497 e. The van der Waals surface area contributed by atoms with Gasteiger partial charge in [-0.05, 0) is 12.1 Å². The Labute approximate surface area is 90.2 Å². The lowest BCUT2D eigenvalue weighted by atomic mass is 9.95. The van der Waals surface area contributed by atoms with Crippen LogP contribution >= 0.6 is 0 Å². The molecule has 0 aliphatic rings. The van der Waals surface area contributed by atoms with Crippen molar-refractivity contribution in [1.29, 1.82) is 0 Å². The van der Waals surface area contributed by atoms with Crippen LogP contribution in [0.1, 0.15) is 5.56 Å². The number of terminal acetylenes is 2. The lowest BCUT2D eigenvalue weighted by Gasteiger charge is -2.21. The summed E-state index contributed by atoms with van der Waals surface area (Å²) >= 11 is 0. The molecule has 1 aromatic rings. The van der Waals surface area contributed by atoms with Crippen molar-refractivity contribution in [2.24, 2.45) is 0 Å². The second-order valence-electron chi connectivity index (χ2n) is 2.90. The molecular weight excluding hydrogens is 188 g/mol. The molecule has 1 rings (SSSR count). The number of hydrogen-bond donors (Lipinski definition) is 0. The van der Waals surface area contributed by atoms with Gasteiger partial charge in [-0.1, -0.05) is 24.0 Å². The van der Waals surface area contributed by atoms with Gasteiger partial charge in [0.1, 0.15) is 5.75 Å². The zero-order valence-corrected chi connectivity index (χ0v) is 8.78. The molecule has 0 radical (unpaired) electrons. The number of methoxy groups -OCH3 is 2. The fraction of sp³-hybridized carbons (Fsp3) is 0.231. The van der Waals surface area contributed by atoms with Gasteiger partial charge >= 0.3 is 0 Å². The molecule has 15 heavy (non-hydrogen) atoms. The van der Waals surface area contributed by atoms with E-state index in [1.165, 1.54) is 7.11 Å². The van der Waals surface area contributed by atoms with Crippen LogP contribution in [0.15, 0.2) is 24.3 Å². The highest BCUT2D eigenvalue weighted by Gasteiger charge is 2.26. The van der Waals surface area contributed by atoms with Crippen LogP contribution in [0.3, 0.4) is 0 Å². The topological polar surface area (TPSA) is 18.5 Å². The number of ether oxygens (including phenoxy) is 2. The lowest BCUT2D eigenvalue weighted by Crippen LogP contribution is -2.23. The Morgan fingerprint density at radius 3 is 1.93 bits per heavy atom. The zero-order valence-electron chi connectivity index (χ0n) is 8.78. The van der Waals surface area contributed by atoms with E-state index in [0.29, 0.717) is 0 Å². The van der Waals surface area contributed by atoms with Crippen LogP contribution in [-0.4, -0.2) is 14.2 Å². The van der Waals surface area contributed by atoms with E-state index in [9.17, 15) is 0 Å². The molecule has 1 aromatic carbocycles. The van der Waals surface area contributed by atoms with Crippen molar-refractivity contribution in [3.63, 3.8) is 0 Å². The first kappa shape index (κ1) is 11.2. The molecule has 0 aromatic heterocycles. The zero-order chi connectivity index (χ0) is 11.3. The van der Waals surface area contributed by atoms with Gasteiger partial charge in [-0.3, -0.25) is 0 Å². The Balaban J connectivity index is 3.16. The van der Waals surface area contributed by atoms with Crippen molar-refractivity contribution in [3.8, 4) is 30.4 Å². The summed E-state index contributed by atoms with van der Waals surface area (Å²) < 4.78 is 10.2. The largest absolute Gasteiger partial charge is 0.497 e. The van der Waals surface area contributed by atoms with Gasteiger partial charge in [0.15, 0.2) is 0 Å². The highest BCUT2D eigenvalue weighted by atomic mass is 16.5. The van der Waals surface area contributed by atoms with E-state index in [4.69, 9.17) is 22.3 Å². The molecule has 2 heteroatoms. The van der Waals surface area contributed by atoms with E-state index >= 15 is 0 Å². The van der Waals surface area contributed by atoms with Gasteiger partial charge in [0.2, 0.25) is 5.60 Å². The minimum absolute atomic E-state index is 0.746. The van der Waals surface area contributed by atoms with Crippen LogP contribution in [0, 0.1) is 24.7 Å². The first-order valence-corrected chi connectivity index (χ1v) is 4.37. The maximum Gasteiger partial charge on any atom is 0.215 e. The second kappa shape index (κ2) is 4.55. The van der Waals surface area contributed by atoms with Crippen molar-refractivity contribution in [1.82, 2.24) is 0 Å². The molecule has 0 saturated carbocycles. The van der Waals surface area contributed by atoms with Crippen LogP contribution in [0.25, 0.3) is 0 Å². The summed E-state index contributed by atoms with van der Waals surface area (Å²) in [7, 11) is 3.09. The van der Waals surface area contributed by atoms with Crippen molar-refractivity contribution >= 4 is 0 Å². The fourth-order valence-electron chi connectivity index (χ4n) is 1.27. The fourth-order valence-corrected chi connectivity index (χ4v) is 1.27. The van der Waals surface area contributed by atoms with Crippen LogP contribution in [-0.2, 0) is 10.3 Å². The third-order valence-corrected chi connectivity index (χ3v) is 2.21. The first-order valence-electron chi connectivity index (χ1n) is 4.37. The molecule has 76 valence electrons. The summed E-state index contributed by atoms with van der Waals surface area (Å²) in [6, 6.07) is 7.17. The van der Waals surface area contributed by atoms with E-state index in [1.54, 1.807) is 31.4 Å². The predicted octanol–water partition coefficient (Wildman–Crippen LogP) is 1.80. The molecule has 0 unspecified atom stereocenters. The van der Waals surface area contributed by atoms with Crippen LogP contribution in [0.2, 0.25) is 0 Å². The summed E-state index contributed by atoms with van der Waals surface area (Å²) in [6.07, 6.45) is 10.8. The minimum atomic E-state index is -1.09. The molecule has 0 spiro atoms. The van der Waals surface area contributed by atoms with E-state index < -0.39 is 5.60 Å². The molecule has 0 atom stereocenters. The highest BCUT2D eigenvalue weighted by Crippen LogP contribution is 2.25. The average Bonchev–Trinajstić information content (AvgIpc) is 2.33. The van der Waals surface area contributed by atoms with Gasteiger partial charge < -0.3 is 9.47 Å². The van der Waals surface area contributed by atoms with Gasteiger partial charge in [-0.25, -0.2) is 0 Å². The van der Waals surface area contributed by atoms with Gasteiger partial charge in [0, 0.05) is 12.7 Å². The summed E-state index contributed by atoms with van der Waals surface area (Å²) in [6.45, 7) is 0. The molecule has 0 fully saturated rings. The predicted molar refractivity (Wildman–Crippen MR) is 59.3 cm³/mol. The van der Waals surface area contributed by atoms with Gasteiger partial charge in [0.25, 0.3) is 0 Å². The lowest BCUT2D eigenvalue weighted by molar-refractivity contribution is 0.0900. The van der Waals surface area contributed by atoms with Gasteiger partial charge in [0.05, 0.1) is 7.11 Å². The van der Waals surface area contributed by atoms with Crippen LogP contribution < -0.4 is 4.74 Å². The van der Waals surface area contributed by atoms with E-state index in [1.807, 2.05) is 0 Å². The van der Waals surface area contributed by atoms with E-state index in [2.05, 4.69) is 11.8 Å². The number of benzene rings is 1. The normalized spacial score (nSPS) is 10.1. The molecular formula is C13H12O2. The van der Waals surface area contributed by atoms with Crippen LogP contribution in [0.4, 0.5) is 0 Å². The Morgan fingerprint density at radius 2 is 1.60 bits per heavy atom. The van der Waals surface area contributed by atoms with E-state index in [-0.39, 0.29) is 0 Å². The molecule has 0 aliphatic carbocycles. The Morgan fingerprint density at radius 1 is 1.07 bits per heavy atom. The maximum atomic E-state index is 5.38. The van der Waals surface area contributed by atoms with Crippen molar-refractivity contribution in [3.05, 3.63) is 29.8 Å². The summed E-state index contributed by atoms with van der Waals surface area (Å²) in [5, 5.41) is 0. The Hall–Kier alpha value is -1.90. The molecule has 0 N–H and O–H groups in total. The second-order valence-corrected chi connectivity index (χ2v) is 2.90. The van der Waals surface area contributed by atoms with E-state index in [0.717, 1.165) is 11.3 Å². The quantitative estimate of drug-likeness (QED) is 0.693. The van der Waals surface area contributed by atoms with Crippen LogP contribution in [0.5, 0.6) is 5.75 Å². The highest BCUT2D eigenvalue weighted by molar-refractivity contribution is 5.42. The molecule has 0 bridgehead atoms. The van der Waals surface area contributed by atoms with Gasteiger partial charge in [-0.15, -0.1) is 12.8 Å². The smallest absolute Gasteiger partial charge is 0.215 e. The standard InChI is InChI=1S/C13H12O2/c1-5-13(6-2,15-4)11-7-9-12(14-3)10-8-11/h1-2,7-10H,3-4H3. The average molecular weight is 200 g/mol. The SMILES string of the molecule is C#CC(C#C)(OC)c1ccc(OC)cc1. The summed E-state index contributed by atoms with van der Waals surface area (Å²) in [4.78, 5) is 0. The van der Waals surface area contributed by atoms with Crippen molar-refractivity contribution in [2.75, 3.05) is 14.2 Å². The Bertz CT molecular complexity index is 390. The summed E-state index contributed by atoms with van der Waals surface area (Å²) in [5.41, 5.74) is -0.345. The molecule has 0 amide bonds. The third-order valence-electron chi connectivity index (χ3n) is 2.21. The molecule has 0 heterocycles. The molecule has 2 nitrogen and oxygen atoms in total. The van der Waals surface area contributed by atoms with Gasteiger partial charge in [-0.2, -0.15) is 0 Å². The monoisotopic (exact) mass is 200 g/mol. The van der Waals surface area contributed by atoms with Crippen molar-refractivity contribution in [2.45, 2.75) is 5.60 Å². The number of rotatable bonds is 3.